The topological polar surface area (TPSA) is 29.1 Å². The Kier molecular flexibility index (Phi) is 4.50. The van der Waals surface area contributed by atoms with Crippen molar-refractivity contribution in [1.82, 2.24) is 5.32 Å². The molecule has 1 amide bonds. The Morgan fingerprint density at radius 1 is 1.35 bits per heavy atom. The second kappa shape index (κ2) is 5.48. The summed E-state index contributed by atoms with van der Waals surface area (Å²) in [6.45, 7) is -1.40. The van der Waals surface area contributed by atoms with Crippen LogP contribution in [0.25, 0.3) is 0 Å². The van der Waals surface area contributed by atoms with Gasteiger partial charge in [-0.2, -0.15) is 8.78 Å². The van der Waals surface area contributed by atoms with Gasteiger partial charge in [0.1, 0.15) is 0 Å². The van der Waals surface area contributed by atoms with E-state index in [0.29, 0.717) is 4.47 Å². The van der Waals surface area contributed by atoms with Crippen LogP contribution >= 0.6 is 15.9 Å². The molecule has 0 aromatic heterocycles. The van der Waals surface area contributed by atoms with E-state index in [1.807, 2.05) is 0 Å². The van der Waals surface area contributed by atoms with Crippen LogP contribution in [0.1, 0.15) is 10.4 Å². The summed E-state index contributed by atoms with van der Waals surface area (Å²) in [5, 5.41) is 1.76. The van der Waals surface area contributed by atoms with Crippen LogP contribution in [0.2, 0.25) is 0 Å². The van der Waals surface area contributed by atoms with Crippen molar-refractivity contribution in [3.8, 4) is 0 Å². The summed E-state index contributed by atoms with van der Waals surface area (Å²) in [7, 11) is 0. The zero-order chi connectivity index (χ0) is 13.1. The van der Waals surface area contributed by atoms with E-state index in [4.69, 9.17) is 0 Å². The molecular formula is C10H8BrF4NO. The molecule has 1 aromatic rings. The largest absolute Gasteiger partial charge is 0.346 e. The molecule has 0 aliphatic carbocycles. The highest BCUT2D eigenvalue weighted by Crippen LogP contribution is 2.22. The second-order valence-corrected chi connectivity index (χ2v) is 4.08. The maximum atomic E-state index is 12.5. The minimum atomic E-state index is -4.23. The first kappa shape index (κ1) is 14.0. The van der Waals surface area contributed by atoms with Crippen molar-refractivity contribution in [3.05, 3.63) is 34.3 Å². The Labute approximate surface area is 103 Å². The SMILES string of the molecule is O=C(NCC(F)(F)C(F)F)c1ccccc1Br. The van der Waals surface area contributed by atoms with Gasteiger partial charge < -0.3 is 5.32 Å². The summed E-state index contributed by atoms with van der Waals surface area (Å²) >= 11 is 3.05. The molecule has 1 aromatic carbocycles. The van der Waals surface area contributed by atoms with Crippen LogP contribution < -0.4 is 5.32 Å². The molecule has 0 saturated heterocycles. The first-order valence-corrected chi connectivity index (χ1v) is 5.32. The molecule has 0 aliphatic rings. The molecule has 0 aliphatic heterocycles. The van der Waals surface area contributed by atoms with E-state index >= 15 is 0 Å². The second-order valence-electron chi connectivity index (χ2n) is 3.22. The molecule has 0 unspecified atom stereocenters. The molecule has 0 atom stereocenters. The maximum Gasteiger partial charge on any atom is 0.324 e. The van der Waals surface area contributed by atoms with Gasteiger partial charge in [-0.1, -0.05) is 12.1 Å². The first-order chi connectivity index (χ1) is 7.84. The fraction of sp³-hybridized carbons (Fsp3) is 0.300. The molecule has 1 rings (SSSR count). The van der Waals surface area contributed by atoms with Crippen LogP contribution in [0, 0.1) is 0 Å². The monoisotopic (exact) mass is 313 g/mol. The van der Waals surface area contributed by atoms with Gasteiger partial charge >= 0.3 is 12.3 Å². The average molecular weight is 314 g/mol. The Morgan fingerprint density at radius 3 is 2.47 bits per heavy atom. The Balaban J connectivity index is 2.66. The molecule has 0 spiro atoms. The number of rotatable bonds is 4. The predicted octanol–water partition coefficient (Wildman–Crippen LogP) is 3.08. The van der Waals surface area contributed by atoms with Crippen molar-refractivity contribution in [2.24, 2.45) is 0 Å². The highest BCUT2D eigenvalue weighted by molar-refractivity contribution is 9.10. The maximum absolute atomic E-state index is 12.5. The number of alkyl halides is 4. The smallest absolute Gasteiger partial charge is 0.324 e. The van der Waals surface area contributed by atoms with Gasteiger partial charge in [-0.25, -0.2) is 8.78 Å². The van der Waals surface area contributed by atoms with E-state index in [9.17, 15) is 22.4 Å². The Morgan fingerprint density at radius 2 is 1.94 bits per heavy atom. The van der Waals surface area contributed by atoms with Crippen molar-refractivity contribution >= 4 is 21.8 Å². The van der Waals surface area contributed by atoms with E-state index in [1.54, 1.807) is 17.4 Å². The minimum Gasteiger partial charge on any atom is -0.346 e. The highest BCUT2D eigenvalue weighted by atomic mass is 79.9. The van der Waals surface area contributed by atoms with E-state index in [0.717, 1.165) is 0 Å². The summed E-state index contributed by atoms with van der Waals surface area (Å²) in [5.41, 5.74) is 0.109. The highest BCUT2D eigenvalue weighted by Gasteiger charge is 2.40. The summed E-state index contributed by atoms with van der Waals surface area (Å²) in [4.78, 5) is 11.4. The molecule has 0 bridgehead atoms. The van der Waals surface area contributed by atoms with E-state index in [1.165, 1.54) is 12.1 Å². The summed E-state index contributed by atoms with van der Waals surface area (Å²) in [6.07, 6.45) is -3.80. The van der Waals surface area contributed by atoms with Crippen molar-refractivity contribution in [2.45, 2.75) is 12.3 Å². The number of nitrogens with one attached hydrogen (secondary N) is 1. The third-order valence-electron chi connectivity index (χ3n) is 1.92. The molecule has 0 saturated carbocycles. The number of carbonyl (C=O) groups excluding carboxylic acids is 1. The van der Waals surface area contributed by atoms with Gasteiger partial charge in [-0.3, -0.25) is 4.79 Å². The minimum absolute atomic E-state index is 0.109. The molecule has 1 N–H and O–H groups in total. The molecule has 0 heterocycles. The number of hydrogen-bond acceptors (Lipinski definition) is 1. The van der Waals surface area contributed by atoms with E-state index in [-0.39, 0.29) is 5.56 Å². The number of halogens is 5. The third kappa shape index (κ3) is 3.69. The van der Waals surface area contributed by atoms with Crippen LogP contribution in [0.5, 0.6) is 0 Å². The normalized spacial score (nSPS) is 11.6. The zero-order valence-electron chi connectivity index (χ0n) is 8.39. The lowest BCUT2D eigenvalue weighted by molar-refractivity contribution is -0.123. The lowest BCUT2D eigenvalue weighted by atomic mass is 10.2. The van der Waals surface area contributed by atoms with Gasteiger partial charge in [0.15, 0.2) is 0 Å². The van der Waals surface area contributed by atoms with Crippen LogP contribution in [-0.2, 0) is 0 Å². The van der Waals surface area contributed by atoms with Gasteiger partial charge in [0.05, 0.1) is 12.1 Å². The number of carbonyl (C=O) groups is 1. The third-order valence-corrected chi connectivity index (χ3v) is 2.61. The summed E-state index contributed by atoms with van der Waals surface area (Å²) in [5.74, 6) is -5.06. The molecule has 2 nitrogen and oxygen atoms in total. The fourth-order valence-corrected chi connectivity index (χ4v) is 1.48. The lowest BCUT2D eigenvalue weighted by Crippen LogP contribution is -2.41. The van der Waals surface area contributed by atoms with Crippen LogP contribution in [0.4, 0.5) is 17.6 Å². The van der Waals surface area contributed by atoms with Crippen molar-refractivity contribution in [3.63, 3.8) is 0 Å². The molecule has 0 radical (unpaired) electrons. The van der Waals surface area contributed by atoms with Gasteiger partial charge in [0.2, 0.25) is 0 Å². The lowest BCUT2D eigenvalue weighted by Gasteiger charge is -2.15. The van der Waals surface area contributed by atoms with Crippen molar-refractivity contribution < 1.29 is 22.4 Å². The van der Waals surface area contributed by atoms with Crippen LogP contribution in [0.15, 0.2) is 28.7 Å². The van der Waals surface area contributed by atoms with Crippen LogP contribution in [0.3, 0.4) is 0 Å². The number of amides is 1. The Hall–Kier alpha value is -1.11. The van der Waals surface area contributed by atoms with Crippen LogP contribution in [-0.4, -0.2) is 24.8 Å². The quantitative estimate of drug-likeness (QED) is 0.850. The van der Waals surface area contributed by atoms with Gasteiger partial charge in [0.25, 0.3) is 5.91 Å². The van der Waals surface area contributed by atoms with E-state index < -0.39 is 24.8 Å². The summed E-state index contributed by atoms with van der Waals surface area (Å²) < 4.78 is 49.2. The molecule has 7 heteroatoms. The first-order valence-electron chi connectivity index (χ1n) is 4.53. The standard InChI is InChI=1S/C10H8BrF4NO/c11-7-4-2-1-3-6(7)8(17)16-5-10(14,15)9(12)13/h1-4,9H,5H2,(H,16,17). The number of benzene rings is 1. The molecule has 0 fully saturated rings. The van der Waals surface area contributed by atoms with Gasteiger partial charge in [-0.15, -0.1) is 0 Å². The van der Waals surface area contributed by atoms with E-state index in [2.05, 4.69) is 15.9 Å². The molecule has 17 heavy (non-hydrogen) atoms. The predicted molar refractivity (Wildman–Crippen MR) is 57.4 cm³/mol. The molecule has 94 valence electrons. The van der Waals surface area contributed by atoms with Gasteiger partial charge in [0, 0.05) is 4.47 Å². The summed E-state index contributed by atoms with van der Waals surface area (Å²) in [6, 6.07) is 6.10. The van der Waals surface area contributed by atoms with Crippen molar-refractivity contribution in [1.29, 1.82) is 0 Å². The average Bonchev–Trinajstić information content (AvgIpc) is 2.26. The van der Waals surface area contributed by atoms with Gasteiger partial charge in [-0.05, 0) is 28.1 Å². The zero-order valence-corrected chi connectivity index (χ0v) is 9.98. The van der Waals surface area contributed by atoms with Crippen molar-refractivity contribution in [2.75, 3.05) is 6.54 Å². The Bertz CT molecular complexity index is 411. The fourth-order valence-electron chi connectivity index (χ4n) is 1.02. The molecular weight excluding hydrogens is 306 g/mol. The number of hydrogen-bond donors (Lipinski definition) is 1.